The highest BCUT2D eigenvalue weighted by atomic mass is 19.1. The van der Waals surface area contributed by atoms with Gasteiger partial charge < -0.3 is 20.5 Å². The number of amides is 1. The number of benzene rings is 3. The smallest absolute Gasteiger partial charge is 0.251 e. The Labute approximate surface area is 169 Å². The second-order valence-electron chi connectivity index (χ2n) is 6.46. The summed E-state index contributed by atoms with van der Waals surface area (Å²) in [7, 11) is 1.50. The molecule has 0 aliphatic carbocycles. The number of halogens is 1. The maximum atomic E-state index is 13.8. The Bertz CT molecular complexity index is 977. The lowest BCUT2D eigenvalue weighted by Crippen LogP contribution is -2.25. The Balaban J connectivity index is 1.72. The van der Waals surface area contributed by atoms with Gasteiger partial charge in [0, 0.05) is 24.7 Å². The summed E-state index contributed by atoms with van der Waals surface area (Å²) in [5.41, 5.74) is 7.76. The van der Waals surface area contributed by atoms with Crippen molar-refractivity contribution in [3.05, 3.63) is 89.2 Å². The summed E-state index contributed by atoms with van der Waals surface area (Å²) >= 11 is 0. The van der Waals surface area contributed by atoms with E-state index in [1.807, 2.05) is 30.3 Å². The standard InChI is InChI=1S/C23H23FN2O3/c1-28-21-8-7-18(23(27)26-10-9-16-5-3-2-4-6-16)13-22(21)29-20-12-17(15-25)11-19(24)14-20/h2-8,11-14H,9-10,15,25H2,1H3,(H,26,27). The third kappa shape index (κ3) is 5.56. The van der Waals surface area contributed by atoms with Gasteiger partial charge in [0.1, 0.15) is 11.6 Å². The minimum absolute atomic E-state index is 0.190. The molecule has 1 amide bonds. The van der Waals surface area contributed by atoms with Crippen molar-refractivity contribution in [2.75, 3.05) is 13.7 Å². The molecule has 29 heavy (non-hydrogen) atoms. The lowest BCUT2D eigenvalue weighted by Gasteiger charge is -2.13. The summed E-state index contributed by atoms with van der Waals surface area (Å²) < 4.78 is 24.8. The van der Waals surface area contributed by atoms with E-state index in [-0.39, 0.29) is 18.2 Å². The van der Waals surface area contributed by atoms with Gasteiger partial charge in [0.15, 0.2) is 11.5 Å². The molecule has 0 aliphatic rings. The normalized spacial score (nSPS) is 10.4. The molecule has 0 heterocycles. The monoisotopic (exact) mass is 394 g/mol. The van der Waals surface area contributed by atoms with E-state index in [1.54, 1.807) is 24.3 Å². The van der Waals surface area contributed by atoms with E-state index in [0.29, 0.717) is 29.2 Å². The summed E-state index contributed by atoms with van der Waals surface area (Å²) in [6.45, 7) is 0.698. The van der Waals surface area contributed by atoms with Crippen LogP contribution in [0.15, 0.2) is 66.7 Å². The number of hydrogen-bond donors (Lipinski definition) is 2. The van der Waals surface area contributed by atoms with Crippen molar-refractivity contribution in [2.45, 2.75) is 13.0 Å². The number of nitrogens with one attached hydrogen (secondary N) is 1. The minimum Gasteiger partial charge on any atom is -0.493 e. The second-order valence-corrected chi connectivity index (χ2v) is 6.46. The zero-order chi connectivity index (χ0) is 20.6. The van der Waals surface area contributed by atoms with Crippen LogP contribution in [-0.2, 0) is 13.0 Å². The topological polar surface area (TPSA) is 73.6 Å². The average Bonchev–Trinajstić information content (AvgIpc) is 2.74. The fourth-order valence-corrected chi connectivity index (χ4v) is 2.89. The summed E-state index contributed by atoms with van der Waals surface area (Å²) in [5.74, 6) is 0.360. The number of carbonyl (C=O) groups is 1. The van der Waals surface area contributed by atoms with Gasteiger partial charge in [-0.3, -0.25) is 4.79 Å². The molecule has 0 saturated carbocycles. The highest BCUT2D eigenvalue weighted by Crippen LogP contribution is 2.33. The van der Waals surface area contributed by atoms with Crippen molar-refractivity contribution in [2.24, 2.45) is 5.73 Å². The number of methoxy groups -OCH3 is 1. The Morgan fingerprint density at radius 3 is 2.52 bits per heavy atom. The number of rotatable bonds is 8. The lowest BCUT2D eigenvalue weighted by atomic mass is 10.1. The van der Waals surface area contributed by atoms with E-state index >= 15 is 0 Å². The zero-order valence-electron chi connectivity index (χ0n) is 16.2. The molecule has 0 aliphatic heterocycles. The van der Waals surface area contributed by atoms with Gasteiger partial charge in [0.05, 0.1) is 7.11 Å². The van der Waals surface area contributed by atoms with Crippen molar-refractivity contribution in [1.82, 2.24) is 5.32 Å². The first-order chi connectivity index (χ1) is 14.1. The molecule has 0 atom stereocenters. The van der Waals surface area contributed by atoms with Crippen molar-refractivity contribution in [3.63, 3.8) is 0 Å². The molecular weight excluding hydrogens is 371 g/mol. The van der Waals surface area contributed by atoms with E-state index in [1.165, 1.54) is 19.2 Å². The second kappa shape index (κ2) is 9.71. The molecule has 5 nitrogen and oxygen atoms in total. The third-order valence-electron chi connectivity index (χ3n) is 4.36. The summed E-state index contributed by atoms with van der Waals surface area (Å²) in [5, 5.41) is 2.89. The highest BCUT2D eigenvalue weighted by Gasteiger charge is 2.13. The number of hydrogen-bond acceptors (Lipinski definition) is 4. The molecular formula is C23H23FN2O3. The van der Waals surface area contributed by atoms with Gasteiger partial charge in [0.25, 0.3) is 5.91 Å². The van der Waals surface area contributed by atoms with Crippen LogP contribution in [0.3, 0.4) is 0 Å². The molecule has 0 spiro atoms. The Kier molecular flexibility index (Phi) is 6.81. The zero-order valence-corrected chi connectivity index (χ0v) is 16.2. The average molecular weight is 394 g/mol. The van der Waals surface area contributed by atoms with Crippen LogP contribution in [0.25, 0.3) is 0 Å². The number of nitrogens with two attached hydrogens (primary N) is 1. The third-order valence-corrected chi connectivity index (χ3v) is 4.36. The van der Waals surface area contributed by atoms with E-state index in [2.05, 4.69) is 5.32 Å². The van der Waals surface area contributed by atoms with Gasteiger partial charge in [-0.1, -0.05) is 30.3 Å². The SMILES string of the molecule is COc1ccc(C(=O)NCCc2ccccc2)cc1Oc1cc(F)cc(CN)c1. The first-order valence-electron chi connectivity index (χ1n) is 9.26. The molecule has 3 rings (SSSR count). The molecule has 0 fully saturated rings. The number of ether oxygens (including phenoxy) is 2. The van der Waals surface area contributed by atoms with Crippen LogP contribution in [0.4, 0.5) is 4.39 Å². The van der Waals surface area contributed by atoms with E-state index < -0.39 is 5.82 Å². The fraction of sp³-hybridized carbons (Fsp3) is 0.174. The van der Waals surface area contributed by atoms with Crippen LogP contribution in [0, 0.1) is 5.82 Å². The quantitative estimate of drug-likeness (QED) is 0.604. The molecule has 0 unspecified atom stereocenters. The summed E-state index contributed by atoms with van der Waals surface area (Å²) in [6.07, 6.45) is 0.733. The first kappa shape index (κ1) is 20.4. The van der Waals surface area contributed by atoms with Crippen LogP contribution in [0.5, 0.6) is 17.2 Å². The maximum absolute atomic E-state index is 13.8. The lowest BCUT2D eigenvalue weighted by molar-refractivity contribution is 0.0953. The number of carbonyl (C=O) groups excluding carboxylic acids is 1. The summed E-state index contributed by atoms with van der Waals surface area (Å²) in [4.78, 5) is 12.5. The predicted octanol–water partition coefficient (Wildman–Crippen LogP) is 4.06. The minimum atomic E-state index is -0.447. The predicted molar refractivity (Wildman–Crippen MR) is 110 cm³/mol. The fourth-order valence-electron chi connectivity index (χ4n) is 2.89. The van der Waals surface area contributed by atoms with Gasteiger partial charge in [-0.25, -0.2) is 4.39 Å². The van der Waals surface area contributed by atoms with Gasteiger partial charge in [-0.15, -0.1) is 0 Å². The van der Waals surface area contributed by atoms with Crippen LogP contribution < -0.4 is 20.5 Å². The van der Waals surface area contributed by atoms with Crippen molar-refractivity contribution in [3.8, 4) is 17.2 Å². The van der Waals surface area contributed by atoms with Crippen LogP contribution in [0.1, 0.15) is 21.5 Å². The van der Waals surface area contributed by atoms with E-state index in [4.69, 9.17) is 15.2 Å². The van der Waals surface area contributed by atoms with Gasteiger partial charge >= 0.3 is 0 Å². The first-order valence-corrected chi connectivity index (χ1v) is 9.26. The van der Waals surface area contributed by atoms with E-state index in [9.17, 15) is 9.18 Å². The van der Waals surface area contributed by atoms with Crippen molar-refractivity contribution < 1.29 is 18.7 Å². The molecule has 0 saturated heterocycles. The molecule has 0 radical (unpaired) electrons. The van der Waals surface area contributed by atoms with Gasteiger partial charge in [-0.2, -0.15) is 0 Å². The molecule has 150 valence electrons. The van der Waals surface area contributed by atoms with Crippen LogP contribution in [-0.4, -0.2) is 19.6 Å². The molecule has 0 bridgehead atoms. The molecule has 3 aromatic rings. The van der Waals surface area contributed by atoms with Gasteiger partial charge in [0.2, 0.25) is 0 Å². The van der Waals surface area contributed by atoms with Crippen molar-refractivity contribution in [1.29, 1.82) is 0 Å². The molecule has 3 aromatic carbocycles. The highest BCUT2D eigenvalue weighted by molar-refractivity contribution is 5.94. The maximum Gasteiger partial charge on any atom is 0.251 e. The van der Waals surface area contributed by atoms with Crippen LogP contribution in [0.2, 0.25) is 0 Å². The summed E-state index contributed by atoms with van der Waals surface area (Å²) in [6, 6.07) is 19.0. The van der Waals surface area contributed by atoms with Gasteiger partial charge in [-0.05, 0) is 47.9 Å². The van der Waals surface area contributed by atoms with E-state index in [0.717, 1.165) is 12.0 Å². The molecule has 0 aromatic heterocycles. The molecule has 3 N–H and O–H groups in total. The van der Waals surface area contributed by atoms with Crippen LogP contribution >= 0.6 is 0 Å². The largest absolute Gasteiger partial charge is 0.493 e. The Hall–Kier alpha value is -3.38. The Morgan fingerprint density at radius 1 is 1.00 bits per heavy atom. The Morgan fingerprint density at radius 2 is 1.79 bits per heavy atom. The van der Waals surface area contributed by atoms with Crippen molar-refractivity contribution >= 4 is 5.91 Å². The molecule has 6 heteroatoms.